The van der Waals surface area contributed by atoms with Crippen molar-refractivity contribution in [1.29, 1.82) is 0 Å². The van der Waals surface area contributed by atoms with Gasteiger partial charge in [-0.2, -0.15) is 0 Å². The van der Waals surface area contributed by atoms with Crippen LogP contribution in [0.5, 0.6) is 0 Å². The molecule has 1 aliphatic rings. The normalized spacial score (nSPS) is 15.6. The lowest BCUT2D eigenvalue weighted by atomic mass is 9.95. The Morgan fingerprint density at radius 1 is 1.36 bits per heavy atom. The summed E-state index contributed by atoms with van der Waals surface area (Å²) in [5, 5.41) is 5.81. The van der Waals surface area contributed by atoms with E-state index in [0.717, 1.165) is 4.47 Å². The molecule has 0 saturated carbocycles. The second kappa shape index (κ2) is 8.24. The number of hydrogen-bond acceptors (Lipinski definition) is 4. The summed E-state index contributed by atoms with van der Waals surface area (Å²) in [7, 11) is 1.83. The number of aromatic nitrogens is 1. The Labute approximate surface area is 138 Å². The Morgan fingerprint density at radius 2 is 2.09 bits per heavy atom. The van der Waals surface area contributed by atoms with E-state index in [4.69, 9.17) is 0 Å². The number of amides is 2. The van der Waals surface area contributed by atoms with Crippen LogP contribution < -0.4 is 10.6 Å². The van der Waals surface area contributed by atoms with Crippen molar-refractivity contribution in [2.45, 2.75) is 19.3 Å². The smallest absolute Gasteiger partial charge is 0.228 e. The van der Waals surface area contributed by atoms with Gasteiger partial charge in [0.2, 0.25) is 11.8 Å². The number of carbonyl (C=O) groups excluding carboxylic acids is 2. The van der Waals surface area contributed by atoms with Crippen molar-refractivity contribution in [3.8, 4) is 0 Å². The fourth-order valence-electron chi connectivity index (χ4n) is 2.46. The number of likely N-dealkylation sites (tertiary alicyclic amines) is 1. The number of piperidine rings is 1. The van der Waals surface area contributed by atoms with Crippen LogP contribution in [0.4, 0.5) is 5.82 Å². The van der Waals surface area contributed by atoms with Crippen LogP contribution in [-0.2, 0) is 9.59 Å². The van der Waals surface area contributed by atoms with E-state index >= 15 is 0 Å². The Hall–Kier alpha value is -1.47. The average molecular weight is 369 g/mol. The SMILES string of the molecule is CNCCC(=O)N1CCC(C(=O)Nc2ccc(Br)cn2)CC1. The topological polar surface area (TPSA) is 74.3 Å². The minimum absolute atomic E-state index is 0.0165. The number of nitrogens with one attached hydrogen (secondary N) is 2. The summed E-state index contributed by atoms with van der Waals surface area (Å²) in [4.78, 5) is 30.1. The molecule has 0 aromatic carbocycles. The number of pyridine rings is 1. The number of halogens is 1. The van der Waals surface area contributed by atoms with Crippen LogP contribution in [0.3, 0.4) is 0 Å². The van der Waals surface area contributed by atoms with Gasteiger partial charge in [0.1, 0.15) is 5.82 Å². The van der Waals surface area contributed by atoms with Crippen molar-refractivity contribution in [1.82, 2.24) is 15.2 Å². The molecule has 7 heteroatoms. The number of carbonyl (C=O) groups is 2. The number of rotatable bonds is 5. The van der Waals surface area contributed by atoms with Crippen molar-refractivity contribution >= 4 is 33.6 Å². The van der Waals surface area contributed by atoms with Gasteiger partial charge in [-0.3, -0.25) is 9.59 Å². The van der Waals surface area contributed by atoms with E-state index in [2.05, 4.69) is 31.5 Å². The highest BCUT2D eigenvalue weighted by atomic mass is 79.9. The van der Waals surface area contributed by atoms with Gasteiger partial charge in [-0.1, -0.05) is 0 Å². The Morgan fingerprint density at radius 3 is 2.68 bits per heavy atom. The highest BCUT2D eigenvalue weighted by molar-refractivity contribution is 9.10. The first kappa shape index (κ1) is 16.9. The summed E-state index contributed by atoms with van der Waals surface area (Å²) in [5.74, 6) is 0.638. The summed E-state index contributed by atoms with van der Waals surface area (Å²) in [5.41, 5.74) is 0. The molecule has 1 aliphatic heterocycles. The lowest BCUT2D eigenvalue weighted by molar-refractivity contribution is -0.134. The average Bonchev–Trinajstić information content (AvgIpc) is 2.55. The Bertz CT molecular complexity index is 513. The van der Waals surface area contributed by atoms with Crippen LogP contribution in [0.25, 0.3) is 0 Å². The fourth-order valence-corrected chi connectivity index (χ4v) is 2.69. The summed E-state index contributed by atoms with van der Waals surface area (Å²) in [6, 6.07) is 3.60. The molecule has 120 valence electrons. The maximum absolute atomic E-state index is 12.2. The van der Waals surface area contributed by atoms with E-state index in [1.807, 2.05) is 18.0 Å². The molecule has 1 fully saturated rings. The van der Waals surface area contributed by atoms with Gasteiger partial charge in [-0.15, -0.1) is 0 Å². The molecular formula is C15H21BrN4O2. The summed E-state index contributed by atoms with van der Waals surface area (Å²) in [6.07, 6.45) is 3.57. The zero-order chi connectivity index (χ0) is 15.9. The lowest BCUT2D eigenvalue weighted by Gasteiger charge is -2.31. The molecule has 2 rings (SSSR count). The zero-order valence-electron chi connectivity index (χ0n) is 12.6. The van der Waals surface area contributed by atoms with Crippen molar-refractivity contribution in [2.24, 2.45) is 5.92 Å². The molecule has 0 aliphatic carbocycles. The first-order chi connectivity index (χ1) is 10.6. The van der Waals surface area contributed by atoms with Crippen molar-refractivity contribution in [3.05, 3.63) is 22.8 Å². The number of hydrogen-bond donors (Lipinski definition) is 2. The molecule has 2 N–H and O–H groups in total. The standard InChI is InChI=1S/C15H21BrN4O2/c1-17-7-4-14(21)20-8-5-11(6-9-20)15(22)19-13-3-2-12(16)10-18-13/h2-3,10-11,17H,4-9H2,1H3,(H,18,19,22). The van der Waals surface area contributed by atoms with Gasteiger partial charge in [-0.25, -0.2) is 4.98 Å². The molecule has 0 atom stereocenters. The first-order valence-electron chi connectivity index (χ1n) is 7.45. The minimum Gasteiger partial charge on any atom is -0.343 e. The van der Waals surface area contributed by atoms with Crippen LogP contribution >= 0.6 is 15.9 Å². The van der Waals surface area contributed by atoms with Crippen molar-refractivity contribution in [3.63, 3.8) is 0 Å². The van der Waals surface area contributed by atoms with E-state index < -0.39 is 0 Å². The molecule has 0 unspecified atom stereocenters. The van der Waals surface area contributed by atoms with Crippen LogP contribution in [-0.4, -0.2) is 48.4 Å². The third kappa shape index (κ3) is 4.78. The Kier molecular flexibility index (Phi) is 6.33. The van der Waals surface area contributed by atoms with Crippen molar-refractivity contribution < 1.29 is 9.59 Å². The molecule has 2 heterocycles. The largest absolute Gasteiger partial charge is 0.343 e. The van der Waals surface area contributed by atoms with Crippen molar-refractivity contribution in [2.75, 3.05) is 32.0 Å². The predicted octanol–water partition coefficient (Wildman–Crippen LogP) is 1.63. The van der Waals surface area contributed by atoms with Gasteiger partial charge in [-0.05, 0) is 48.0 Å². The summed E-state index contributed by atoms with van der Waals surface area (Å²) in [6.45, 7) is 1.98. The second-order valence-corrected chi connectivity index (χ2v) is 6.28. The van der Waals surface area contributed by atoms with Gasteiger partial charge in [0, 0.05) is 42.6 Å². The molecule has 0 bridgehead atoms. The lowest BCUT2D eigenvalue weighted by Crippen LogP contribution is -2.42. The summed E-state index contributed by atoms with van der Waals surface area (Å²) < 4.78 is 0.874. The third-order valence-corrected chi connectivity index (χ3v) is 4.26. The van der Waals surface area contributed by atoms with E-state index in [-0.39, 0.29) is 17.7 Å². The van der Waals surface area contributed by atoms with E-state index in [1.165, 1.54) is 0 Å². The van der Waals surface area contributed by atoms with Gasteiger partial charge >= 0.3 is 0 Å². The first-order valence-corrected chi connectivity index (χ1v) is 8.24. The second-order valence-electron chi connectivity index (χ2n) is 5.36. The van der Waals surface area contributed by atoms with Gasteiger partial charge in [0.25, 0.3) is 0 Å². The van der Waals surface area contributed by atoms with Gasteiger partial charge in [0.15, 0.2) is 0 Å². The molecule has 1 aromatic heterocycles. The Balaban J connectivity index is 1.79. The van der Waals surface area contributed by atoms with Crippen LogP contribution in [0.15, 0.2) is 22.8 Å². The molecule has 1 aromatic rings. The predicted molar refractivity (Wildman–Crippen MR) is 88.4 cm³/mol. The van der Waals surface area contributed by atoms with Gasteiger partial charge in [0.05, 0.1) is 0 Å². The quantitative estimate of drug-likeness (QED) is 0.828. The monoisotopic (exact) mass is 368 g/mol. The highest BCUT2D eigenvalue weighted by Gasteiger charge is 2.27. The highest BCUT2D eigenvalue weighted by Crippen LogP contribution is 2.20. The third-order valence-electron chi connectivity index (χ3n) is 3.79. The van der Waals surface area contributed by atoms with Gasteiger partial charge < -0.3 is 15.5 Å². The maximum atomic E-state index is 12.2. The van der Waals surface area contributed by atoms with Crippen LogP contribution in [0.1, 0.15) is 19.3 Å². The van der Waals surface area contributed by atoms with Crippen LogP contribution in [0.2, 0.25) is 0 Å². The number of nitrogens with zero attached hydrogens (tertiary/aromatic N) is 2. The van der Waals surface area contributed by atoms with Crippen LogP contribution in [0, 0.1) is 5.92 Å². The molecule has 1 saturated heterocycles. The minimum atomic E-state index is -0.0567. The molecule has 6 nitrogen and oxygen atoms in total. The fraction of sp³-hybridized carbons (Fsp3) is 0.533. The van der Waals surface area contributed by atoms with E-state index in [1.54, 1.807) is 12.3 Å². The van der Waals surface area contributed by atoms with E-state index in [0.29, 0.717) is 44.7 Å². The van der Waals surface area contributed by atoms with E-state index in [9.17, 15) is 9.59 Å². The number of anilines is 1. The molecule has 2 amide bonds. The summed E-state index contributed by atoms with van der Waals surface area (Å²) >= 11 is 3.31. The molecule has 0 radical (unpaired) electrons. The maximum Gasteiger partial charge on any atom is 0.228 e. The zero-order valence-corrected chi connectivity index (χ0v) is 14.2. The molecule has 0 spiro atoms. The molecular weight excluding hydrogens is 348 g/mol. The molecule has 22 heavy (non-hydrogen) atoms.